The molecule has 1 aromatic heterocycles. The summed E-state index contributed by atoms with van der Waals surface area (Å²) in [4.78, 5) is 23.3. The van der Waals surface area contributed by atoms with E-state index in [1.165, 1.54) is 12.3 Å². The third-order valence-corrected chi connectivity index (χ3v) is 4.52. The van der Waals surface area contributed by atoms with Gasteiger partial charge in [-0.25, -0.2) is 10.2 Å². The standard InChI is InChI=1S/C24H18N2O5/c27-23(15-30-18-10-9-16-5-1-2-6-17(16)13-18)26-25-14-19-11-12-22(31-19)20-7-3-4-8-21(20)24(28)29/h1-14H,15H2,(H,26,27)(H,28,29)/b25-14-. The molecule has 7 nitrogen and oxygen atoms in total. The lowest BCUT2D eigenvalue weighted by Crippen LogP contribution is -2.24. The average molecular weight is 414 g/mol. The molecule has 154 valence electrons. The van der Waals surface area contributed by atoms with Crippen LogP contribution in [0.3, 0.4) is 0 Å². The van der Waals surface area contributed by atoms with Crippen LogP contribution < -0.4 is 10.2 Å². The van der Waals surface area contributed by atoms with Gasteiger partial charge in [0, 0.05) is 5.56 Å². The first-order chi connectivity index (χ1) is 15.1. The summed E-state index contributed by atoms with van der Waals surface area (Å²) >= 11 is 0. The number of furan rings is 1. The van der Waals surface area contributed by atoms with Crippen molar-refractivity contribution in [2.45, 2.75) is 0 Å². The third kappa shape index (κ3) is 4.79. The quantitative estimate of drug-likeness (QED) is 0.346. The van der Waals surface area contributed by atoms with E-state index in [2.05, 4.69) is 10.5 Å². The van der Waals surface area contributed by atoms with Gasteiger partial charge >= 0.3 is 5.97 Å². The molecule has 7 heteroatoms. The van der Waals surface area contributed by atoms with E-state index in [-0.39, 0.29) is 12.2 Å². The van der Waals surface area contributed by atoms with Crippen LogP contribution in [0, 0.1) is 0 Å². The number of hydrogen-bond acceptors (Lipinski definition) is 5. The maximum Gasteiger partial charge on any atom is 0.336 e. The zero-order valence-electron chi connectivity index (χ0n) is 16.3. The molecule has 1 heterocycles. The van der Waals surface area contributed by atoms with Crippen molar-refractivity contribution in [3.05, 3.63) is 90.2 Å². The van der Waals surface area contributed by atoms with Crippen LogP contribution in [0.25, 0.3) is 22.1 Å². The average Bonchev–Trinajstić information content (AvgIpc) is 3.26. The van der Waals surface area contributed by atoms with Crippen LogP contribution in [0.4, 0.5) is 0 Å². The minimum Gasteiger partial charge on any atom is -0.484 e. The van der Waals surface area contributed by atoms with Crippen molar-refractivity contribution in [2.75, 3.05) is 6.61 Å². The second-order valence-electron chi connectivity index (χ2n) is 6.64. The fraction of sp³-hybridized carbons (Fsp3) is 0.0417. The molecule has 4 rings (SSSR count). The Kier molecular flexibility index (Phi) is 5.75. The van der Waals surface area contributed by atoms with E-state index in [1.807, 2.05) is 36.4 Å². The van der Waals surface area contributed by atoms with Gasteiger partial charge in [-0.15, -0.1) is 0 Å². The van der Waals surface area contributed by atoms with Crippen LogP contribution in [0.1, 0.15) is 16.1 Å². The van der Waals surface area contributed by atoms with Gasteiger partial charge in [0.05, 0.1) is 11.8 Å². The Hall–Kier alpha value is -4.39. The summed E-state index contributed by atoms with van der Waals surface area (Å²) in [5.74, 6) is -0.115. The number of ether oxygens (including phenoxy) is 1. The van der Waals surface area contributed by atoms with E-state index in [0.29, 0.717) is 22.8 Å². The molecule has 0 saturated heterocycles. The Balaban J connectivity index is 1.33. The maximum absolute atomic E-state index is 12.0. The van der Waals surface area contributed by atoms with Crippen molar-refractivity contribution in [1.82, 2.24) is 5.43 Å². The molecule has 0 atom stereocenters. The Morgan fingerprint density at radius 3 is 2.58 bits per heavy atom. The van der Waals surface area contributed by atoms with Crippen LogP contribution in [0.2, 0.25) is 0 Å². The molecule has 0 aliphatic heterocycles. The summed E-state index contributed by atoms with van der Waals surface area (Å²) in [6, 6.07) is 23.3. The summed E-state index contributed by atoms with van der Waals surface area (Å²) in [6.45, 7) is -0.189. The number of fused-ring (bicyclic) bond motifs is 1. The highest BCUT2D eigenvalue weighted by Gasteiger charge is 2.13. The van der Waals surface area contributed by atoms with Gasteiger partial charge in [0.1, 0.15) is 17.3 Å². The van der Waals surface area contributed by atoms with E-state index in [9.17, 15) is 14.7 Å². The van der Waals surface area contributed by atoms with Crippen molar-refractivity contribution in [2.24, 2.45) is 5.10 Å². The Labute approximate surface area is 177 Å². The molecule has 0 radical (unpaired) electrons. The monoisotopic (exact) mass is 414 g/mol. The highest BCUT2D eigenvalue weighted by atomic mass is 16.5. The van der Waals surface area contributed by atoms with E-state index >= 15 is 0 Å². The van der Waals surface area contributed by atoms with Crippen molar-refractivity contribution in [3.63, 3.8) is 0 Å². The molecule has 4 aromatic rings. The number of benzene rings is 3. The lowest BCUT2D eigenvalue weighted by Gasteiger charge is -2.06. The number of carboxylic acids is 1. The second-order valence-corrected chi connectivity index (χ2v) is 6.64. The Morgan fingerprint density at radius 2 is 1.74 bits per heavy atom. The van der Waals surface area contributed by atoms with Crippen molar-refractivity contribution < 1.29 is 23.8 Å². The molecule has 0 aliphatic carbocycles. The summed E-state index contributed by atoms with van der Waals surface area (Å²) in [7, 11) is 0. The molecular weight excluding hydrogens is 396 g/mol. The number of carboxylic acid groups (broad SMARTS) is 1. The smallest absolute Gasteiger partial charge is 0.336 e. The fourth-order valence-electron chi connectivity index (χ4n) is 3.06. The van der Waals surface area contributed by atoms with Gasteiger partial charge in [0.25, 0.3) is 5.91 Å². The van der Waals surface area contributed by atoms with Gasteiger partial charge < -0.3 is 14.3 Å². The number of hydrazone groups is 1. The largest absolute Gasteiger partial charge is 0.484 e. The van der Waals surface area contributed by atoms with E-state index in [0.717, 1.165) is 10.8 Å². The lowest BCUT2D eigenvalue weighted by atomic mass is 10.1. The predicted octanol–water partition coefficient (Wildman–Crippen LogP) is 4.33. The van der Waals surface area contributed by atoms with Gasteiger partial charge in [-0.1, -0.05) is 48.5 Å². The fourth-order valence-corrected chi connectivity index (χ4v) is 3.06. The van der Waals surface area contributed by atoms with Crippen molar-refractivity contribution in [3.8, 4) is 17.1 Å². The Morgan fingerprint density at radius 1 is 0.968 bits per heavy atom. The zero-order valence-corrected chi connectivity index (χ0v) is 16.3. The topological polar surface area (TPSA) is 101 Å². The molecule has 0 fully saturated rings. The van der Waals surface area contributed by atoms with Gasteiger partial charge in [-0.2, -0.15) is 5.10 Å². The van der Waals surface area contributed by atoms with Crippen molar-refractivity contribution >= 4 is 28.9 Å². The van der Waals surface area contributed by atoms with Gasteiger partial charge in [0.2, 0.25) is 0 Å². The van der Waals surface area contributed by atoms with E-state index < -0.39 is 11.9 Å². The van der Waals surface area contributed by atoms with Gasteiger partial charge in [0.15, 0.2) is 6.61 Å². The molecule has 0 aliphatic rings. The summed E-state index contributed by atoms with van der Waals surface area (Å²) in [6.07, 6.45) is 1.33. The maximum atomic E-state index is 12.0. The van der Waals surface area contributed by atoms with Crippen LogP contribution in [0.5, 0.6) is 5.75 Å². The minimum absolute atomic E-state index is 0.138. The van der Waals surface area contributed by atoms with E-state index in [4.69, 9.17) is 9.15 Å². The number of nitrogens with zero attached hydrogens (tertiary/aromatic N) is 1. The Bertz CT molecular complexity index is 1280. The van der Waals surface area contributed by atoms with Gasteiger partial charge in [-0.3, -0.25) is 4.79 Å². The second kappa shape index (κ2) is 8.96. The number of hydrogen-bond donors (Lipinski definition) is 2. The SMILES string of the molecule is O=C(COc1ccc2ccccc2c1)N/N=C\c1ccc(-c2ccccc2C(=O)O)o1. The number of rotatable bonds is 7. The molecule has 0 bridgehead atoms. The highest BCUT2D eigenvalue weighted by molar-refractivity contribution is 5.95. The molecule has 0 spiro atoms. The summed E-state index contributed by atoms with van der Waals surface area (Å²) < 4.78 is 11.1. The lowest BCUT2D eigenvalue weighted by molar-refractivity contribution is -0.123. The first-order valence-electron chi connectivity index (χ1n) is 9.46. The predicted molar refractivity (Wildman–Crippen MR) is 116 cm³/mol. The number of aromatic carboxylic acids is 1. The first-order valence-corrected chi connectivity index (χ1v) is 9.46. The number of amides is 1. The van der Waals surface area contributed by atoms with Crippen LogP contribution in [0.15, 0.2) is 88.4 Å². The zero-order chi connectivity index (χ0) is 21.6. The van der Waals surface area contributed by atoms with Crippen molar-refractivity contribution in [1.29, 1.82) is 0 Å². The van der Waals surface area contributed by atoms with Gasteiger partial charge in [-0.05, 0) is 41.1 Å². The van der Waals surface area contributed by atoms with E-state index in [1.54, 1.807) is 36.4 Å². The number of carbonyl (C=O) groups excluding carboxylic acids is 1. The van der Waals surface area contributed by atoms with Crippen LogP contribution in [-0.2, 0) is 4.79 Å². The van der Waals surface area contributed by atoms with Crippen LogP contribution >= 0.6 is 0 Å². The molecule has 1 amide bonds. The third-order valence-electron chi connectivity index (χ3n) is 4.52. The molecule has 31 heavy (non-hydrogen) atoms. The highest BCUT2D eigenvalue weighted by Crippen LogP contribution is 2.25. The first kappa shape index (κ1) is 19.9. The molecular formula is C24H18N2O5. The normalized spacial score (nSPS) is 11.0. The number of nitrogens with one attached hydrogen (secondary N) is 1. The summed E-state index contributed by atoms with van der Waals surface area (Å²) in [5.41, 5.74) is 2.97. The molecule has 0 saturated carbocycles. The van der Waals surface area contributed by atoms with Crippen LogP contribution in [-0.4, -0.2) is 29.8 Å². The minimum atomic E-state index is -1.04. The molecule has 0 unspecified atom stereocenters. The molecule has 3 aromatic carbocycles. The number of carbonyl (C=O) groups is 2. The molecule has 2 N–H and O–H groups in total. The summed E-state index contributed by atoms with van der Waals surface area (Å²) in [5, 5.41) is 15.3.